The largest absolute Gasteiger partial charge is 0.493 e. The van der Waals surface area contributed by atoms with E-state index >= 15 is 0 Å². The Kier molecular flexibility index (Phi) is 7.03. The topological polar surface area (TPSA) is 77.1 Å². The van der Waals surface area contributed by atoms with Gasteiger partial charge in [-0.2, -0.15) is 0 Å². The van der Waals surface area contributed by atoms with E-state index < -0.39 is 0 Å². The Bertz CT molecular complexity index is 876. The first-order chi connectivity index (χ1) is 13.4. The molecule has 0 saturated heterocycles. The van der Waals surface area contributed by atoms with Crippen LogP contribution >= 0.6 is 0 Å². The van der Waals surface area contributed by atoms with Crippen LogP contribution in [-0.4, -0.2) is 52.1 Å². The van der Waals surface area contributed by atoms with Crippen LogP contribution in [0.1, 0.15) is 15.9 Å². The molecule has 2 aromatic rings. The third-order valence-corrected chi connectivity index (χ3v) is 3.96. The van der Waals surface area contributed by atoms with E-state index in [-0.39, 0.29) is 17.5 Å². The second kappa shape index (κ2) is 9.45. The minimum absolute atomic E-state index is 0.101. The summed E-state index contributed by atoms with van der Waals surface area (Å²) in [6.07, 6.45) is 1.55. The first kappa shape index (κ1) is 20.8. The fraction of sp³-hybridized carbons (Fsp3) is 0.238. The van der Waals surface area contributed by atoms with E-state index in [1.165, 1.54) is 26.2 Å². The van der Waals surface area contributed by atoms with Crippen molar-refractivity contribution in [1.29, 1.82) is 0 Å². The number of nitrogens with zero attached hydrogens (tertiary/aromatic N) is 1. The van der Waals surface area contributed by atoms with Crippen molar-refractivity contribution in [2.75, 3.05) is 35.4 Å². The van der Waals surface area contributed by atoms with Gasteiger partial charge in [-0.15, -0.1) is 0 Å². The molecule has 0 aliphatic carbocycles. The van der Waals surface area contributed by atoms with E-state index in [0.29, 0.717) is 28.4 Å². The van der Waals surface area contributed by atoms with E-state index in [2.05, 4.69) is 5.32 Å². The number of hydrogen-bond donors (Lipinski definition) is 1. The molecule has 2 amide bonds. The maximum atomic E-state index is 12.6. The van der Waals surface area contributed by atoms with Gasteiger partial charge in [0.25, 0.3) is 11.8 Å². The minimum Gasteiger partial charge on any atom is -0.493 e. The summed E-state index contributed by atoms with van der Waals surface area (Å²) in [5, 5.41) is 2.68. The van der Waals surface area contributed by atoms with Crippen molar-refractivity contribution in [3.05, 3.63) is 59.3 Å². The van der Waals surface area contributed by atoms with E-state index in [0.717, 1.165) is 0 Å². The lowest BCUT2D eigenvalue weighted by molar-refractivity contribution is -0.124. The van der Waals surface area contributed by atoms with Crippen molar-refractivity contribution in [3.8, 4) is 17.2 Å². The van der Waals surface area contributed by atoms with Crippen molar-refractivity contribution in [1.82, 2.24) is 10.2 Å². The van der Waals surface area contributed by atoms with Crippen LogP contribution in [0, 0.1) is 0 Å². The molecule has 2 rings (SSSR count). The predicted octanol–water partition coefficient (Wildman–Crippen LogP) is 2.57. The van der Waals surface area contributed by atoms with E-state index in [1.807, 2.05) is 6.07 Å². The van der Waals surface area contributed by atoms with Crippen LogP contribution < -0.4 is 19.5 Å². The second-order valence-electron chi connectivity index (χ2n) is 6.00. The summed E-state index contributed by atoms with van der Waals surface area (Å²) in [4.78, 5) is 26.6. The quantitative estimate of drug-likeness (QED) is 0.743. The first-order valence-electron chi connectivity index (χ1n) is 8.51. The lowest BCUT2D eigenvalue weighted by atomic mass is 10.1. The summed E-state index contributed by atoms with van der Waals surface area (Å²) in [5.74, 6) is 0.526. The van der Waals surface area contributed by atoms with Crippen LogP contribution in [0.25, 0.3) is 6.08 Å². The van der Waals surface area contributed by atoms with Gasteiger partial charge in [0.15, 0.2) is 11.5 Å². The maximum absolute atomic E-state index is 12.6. The molecule has 28 heavy (non-hydrogen) atoms. The lowest BCUT2D eigenvalue weighted by Crippen LogP contribution is -2.34. The summed E-state index contributed by atoms with van der Waals surface area (Å²) in [7, 11) is 7.73. The summed E-state index contributed by atoms with van der Waals surface area (Å²) < 4.78 is 16.1. The van der Waals surface area contributed by atoms with Crippen LogP contribution in [0.3, 0.4) is 0 Å². The summed E-state index contributed by atoms with van der Waals surface area (Å²) >= 11 is 0. The molecular formula is C21H24N2O5. The first-order valence-corrected chi connectivity index (χ1v) is 8.51. The minimum atomic E-state index is -0.388. The Hall–Kier alpha value is -3.48. The predicted molar refractivity (Wildman–Crippen MR) is 107 cm³/mol. The molecule has 0 unspecified atom stereocenters. The smallest absolute Gasteiger partial charge is 0.269 e. The van der Waals surface area contributed by atoms with Gasteiger partial charge in [0, 0.05) is 25.2 Å². The number of methoxy groups -OCH3 is 3. The normalized spacial score (nSPS) is 10.8. The van der Waals surface area contributed by atoms with Crippen molar-refractivity contribution < 1.29 is 23.8 Å². The summed E-state index contributed by atoms with van der Waals surface area (Å²) in [6.45, 7) is 0. The van der Waals surface area contributed by atoms with Crippen molar-refractivity contribution >= 4 is 17.9 Å². The van der Waals surface area contributed by atoms with Crippen LogP contribution in [-0.2, 0) is 4.79 Å². The average Bonchev–Trinajstić information content (AvgIpc) is 2.72. The molecule has 0 spiro atoms. The van der Waals surface area contributed by atoms with Gasteiger partial charge in [0.2, 0.25) is 5.75 Å². The number of amides is 2. The van der Waals surface area contributed by atoms with Gasteiger partial charge in [0.05, 0.1) is 21.3 Å². The van der Waals surface area contributed by atoms with Crippen molar-refractivity contribution in [3.63, 3.8) is 0 Å². The molecule has 0 bridgehead atoms. The van der Waals surface area contributed by atoms with Gasteiger partial charge in [-0.1, -0.05) is 18.2 Å². The Morgan fingerprint density at radius 2 is 1.54 bits per heavy atom. The van der Waals surface area contributed by atoms with Gasteiger partial charge >= 0.3 is 0 Å². The fourth-order valence-corrected chi connectivity index (χ4v) is 2.57. The molecule has 148 valence electrons. The number of nitrogens with one attached hydrogen (secondary N) is 1. The standard InChI is InChI=1S/C21H24N2O5/c1-23(2)21(25)16(22-20(24)14-9-7-6-8-10-14)13-15-11-12-17(26-3)19(28-5)18(15)27-4/h6-13H,1-5H3,(H,22,24). The molecule has 2 aromatic carbocycles. The molecule has 0 aromatic heterocycles. The Balaban J connectivity index is 2.51. The van der Waals surface area contributed by atoms with Gasteiger partial charge < -0.3 is 24.4 Å². The van der Waals surface area contributed by atoms with Gasteiger partial charge in [0.1, 0.15) is 5.70 Å². The SMILES string of the molecule is COc1ccc(C=C(NC(=O)c2ccccc2)C(=O)N(C)C)c(OC)c1OC. The summed E-state index contributed by atoms with van der Waals surface area (Å²) in [6, 6.07) is 12.1. The highest BCUT2D eigenvalue weighted by Gasteiger charge is 2.20. The van der Waals surface area contributed by atoms with Gasteiger partial charge in [-0.25, -0.2) is 0 Å². The summed E-state index contributed by atoms with van der Waals surface area (Å²) in [5.41, 5.74) is 1.10. The fourth-order valence-electron chi connectivity index (χ4n) is 2.57. The number of carbonyl (C=O) groups excluding carboxylic acids is 2. The van der Waals surface area contributed by atoms with Crippen LogP contribution in [0.5, 0.6) is 17.2 Å². The molecule has 1 N–H and O–H groups in total. The molecule has 0 atom stereocenters. The van der Waals surface area contributed by atoms with Gasteiger partial charge in [-0.3, -0.25) is 9.59 Å². The molecular weight excluding hydrogens is 360 g/mol. The number of hydrogen-bond acceptors (Lipinski definition) is 5. The monoisotopic (exact) mass is 384 g/mol. The number of ether oxygens (including phenoxy) is 3. The lowest BCUT2D eigenvalue weighted by Gasteiger charge is -2.17. The Morgan fingerprint density at radius 1 is 0.893 bits per heavy atom. The maximum Gasteiger partial charge on any atom is 0.269 e. The highest BCUT2D eigenvalue weighted by Crippen LogP contribution is 2.40. The third-order valence-electron chi connectivity index (χ3n) is 3.96. The van der Waals surface area contributed by atoms with Crippen LogP contribution in [0.15, 0.2) is 48.2 Å². The molecule has 0 aliphatic rings. The highest BCUT2D eigenvalue weighted by molar-refractivity contribution is 6.05. The zero-order chi connectivity index (χ0) is 20.7. The Morgan fingerprint density at radius 3 is 2.07 bits per heavy atom. The molecule has 7 heteroatoms. The number of likely N-dealkylation sites (N-methyl/N-ethyl adjacent to an activating group) is 1. The van der Waals surface area contributed by atoms with E-state index in [1.54, 1.807) is 56.6 Å². The average molecular weight is 384 g/mol. The molecule has 7 nitrogen and oxygen atoms in total. The zero-order valence-corrected chi connectivity index (χ0v) is 16.6. The molecule has 0 radical (unpaired) electrons. The highest BCUT2D eigenvalue weighted by atomic mass is 16.5. The number of rotatable bonds is 7. The van der Waals surface area contributed by atoms with Crippen molar-refractivity contribution in [2.24, 2.45) is 0 Å². The van der Waals surface area contributed by atoms with E-state index in [9.17, 15) is 9.59 Å². The zero-order valence-electron chi connectivity index (χ0n) is 16.6. The van der Waals surface area contributed by atoms with Crippen LogP contribution in [0.4, 0.5) is 0 Å². The number of carbonyl (C=O) groups is 2. The van der Waals surface area contributed by atoms with E-state index in [4.69, 9.17) is 14.2 Å². The van der Waals surface area contributed by atoms with Crippen LogP contribution in [0.2, 0.25) is 0 Å². The molecule has 0 fully saturated rings. The molecule has 0 heterocycles. The Labute approximate surface area is 164 Å². The van der Waals surface area contributed by atoms with Gasteiger partial charge in [-0.05, 0) is 30.3 Å². The second-order valence-corrected chi connectivity index (χ2v) is 6.00. The van der Waals surface area contributed by atoms with Crippen molar-refractivity contribution in [2.45, 2.75) is 0 Å². The number of benzene rings is 2. The molecule has 0 saturated carbocycles. The molecule has 0 aliphatic heterocycles. The third kappa shape index (κ3) is 4.62.